The van der Waals surface area contributed by atoms with Gasteiger partial charge in [-0.3, -0.25) is 4.18 Å². The van der Waals surface area contributed by atoms with E-state index in [-0.39, 0.29) is 35.0 Å². The normalized spacial score (nSPS) is 41.3. The summed E-state index contributed by atoms with van der Waals surface area (Å²) in [4.78, 5) is 0. The SMILES string of the molecule is CC(C)CCCC[C@H]1CC[C@H]2[C@@H]3CC=C4C[C@@H](OS(=O)(=O)[O-])CC[C@]4(C)[C@H]3CC[C@]12C.[Na+]. The second kappa shape index (κ2) is 10.3. The van der Waals surface area contributed by atoms with Gasteiger partial charge in [0.2, 0.25) is 10.4 Å². The third kappa shape index (κ3) is 5.38. The maximum Gasteiger partial charge on any atom is 1.00 e. The van der Waals surface area contributed by atoms with Crippen molar-refractivity contribution in [1.82, 2.24) is 0 Å². The second-order valence-corrected chi connectivity index (χ2v) is 13.1. The van der Waals surface area contributed by atoms with E-state index in [1.165, 1.54) is 56.9 Å². The number of rotatable bonds is 7. The van der Waals surface area contributed by atoms with Crippen molar-refractivity contribution in [3.8, 4) is 0 Å². The fraction of sp³-hybridized carbons (Fsp3) is 0.923. The van der Waals surface area contributed by atoms with Crippen molar-refractivity contribution in [3.63, 3.8) is 0 Å². The summed E-state index contributed by atoms with van der Waals surface area (Å²) < 4.78 is 38.1. The van der Waals surface area contributed by atoms with Crippen LogP contribution in [0.2, 0.25) is 0 Å². The van der Waals surface area contributed by atoms with Gasteiger partial charge in [0.1, 0.15) is 0 Å². The Bertz CT molecular complexity index is 794. The first-order chi connectivity index (χ1) is 14.5. The van der Waals surface area contributed by atoms with Gasteiger partial charge in [0, 0.05) is 0 Å². The van der Waals surface area contributed by atoms with E-state index < -0.39 is 16.5 Å². The largest absolute Gasteiger partial charge is 1.00 e. The van der Waals surface area contributed by atoms with E-state index in [9.17, 15) is 13.0 Å². The predicted molar refractivity (Wildman–Crippen MR) is 123 cm³/mol. The molecule has 0 aliphatic heterocycles. The summed E-state index contributed by atoms with van der Waals surface area (Å²) in [5.41, 5.74) is 2.03. The molecule has 0 saturated heterocycles. The molecular formula is C26H43NaO4S. The van der Waals surface area contributed by atoms with E-state index >= 15 is 0 Å². The summed E-state index contributed by atoms with van der Waals surface area (Å²) in [5, 5.41) is 0. The van der Waals surface area contributed by atoms with Crippen molar-refractivity contribution in [2.24, 2.45) is 40.4 Å². The van der Waals surface area contributed by atoms with Gasteiger partial charge < -0.3 is 4.55 Å². The molecule has 0 heterocycles. The molecule has 0 aromatic heterocycles. The molecule has 0 radical (unpaired) electrons. The Hall–Kier alpha value is 0.610. The van der Waals surface area contributed by atoms with Gasteiger partial charge in [0.25, 0.3) is 0 Å². The van der Waals surface area contributed by atoms with Gasteiger partial charge in [-0.15, -0.1) is 0 Å². The molecule has 0 N–H and O–H groups in total. The molecule has 6 heteroatoms. The average molecular weight is 475 g/mol. The molecule has 4 nitrogen and oxygen atoms in total. The Morgan fingerprint density at radius 3 is 2.53 bits per heavy atom. The summed E-state index contributed by atoms with van der Waals surface area (Å²) in [5.74, 6) is 4.03. The molecule has 4 rings (SSSR count). The molecule has 32 heavy (non-hydrogen) atoms. The quantitative estimate of drug-likeness (QED) is 0.186. The van der Waals surface area contributed by atoms with Gasteiger partial charge in [0.15, 0.2) is 0 Å². The Morgan fingerprint density at radius 1 is 1.09 bits per heavy atom. The van der Waals surface area contributed by atoms with Crippen LogP contribution in [0, 0.1) is 40.4 Å². The van der Waals surface area contributed by atoms with E-state index in [1.807, 2.05) is 0 Å². The van der Waals surface area contributed by atoms with Gasteiger partial charge in [-0.25, -0.2) is 8.42 Å². The molecule has 0 spiro atoms. The fourth-order valence-electron chi connectivity index (χ4n) is 8.40. The van der Waals surface area contributed by atoms with E-state index in [0.29, 0.717) is 24.2 Å². The van der Waals surface area contributed by atoms with Crippen LogP contribution in [0.15, 0.2) is 11.6 Å². The zero-order chi connectivity index (χ0) is 22.4. The van der Waals surface area contributed by atoms with Crippen LogP contribution in [0.5, 0.6) is 0 Å². The topological polar surface area (TPSA) is 66.4 Å². The zero-order valence-corrected chi connectivity index (χ0v) is 23.9. The van der Waals surface area contributed by atoms with Crippen molar-refractivity contribution in [2.45, 2.75) is 111 Å². The van der Waals surface area contributed by atoms with Gasteiger partial charge in [0.05, 0.1) is 6.10 Å². The average Bonchev–Trinajstić information content (AvgIpc) is 3.00. The maximum atomic E-state index is 11.1. The minimum Gasteiger partial charge on any atom is -0.726 e. The Balaban J connectivity index is 0.00000289. The molecule has 0 amide bonds. The zero-order valence-electron chi connectivity index (χ0n) is 21.1. The number of fused-ring (bicyclic) bond motifs is 5. The number of hydrogen-bond donors (Lipinski definition) is 0. The van der Waals surface area contributed by atoms with Crippen molar-refractivity contribution in [3.05, 3.63) is 11.6 Å². The first-order valence-electron chi connectivity index (χ1n) is 12.9. The van der Waals surface area contributed by atoms with Crippen LogP contribution >= 0.6 is 0 Å². The summed E-state index contributed by atoms with van der Waals surface area (Å²) in [6, 6.07) is 0. The molecule has 0 aromatic carbocycles. The molecule has 3 saturated carbocycles. The summed E-state index contributed by atoms with van der Waals surface area (Å²) in [6.45, 7) is 9.69. The summed E-state index contributed by atoms with van der Waals surface area (Å²) >= 11 is 0. The number of hydrogen-bond acceptors (Lipinski definition) is 4. The smallest absolute Gasteiger partial charge is 0.726 e. The first kappa shape index (κ1) is 27.2. The van der Waals surface area contributed by atoms with E-state index in [4.69, 9.17) is 4.18 Å². The van der Waals surface area contributed by atoms with Gasteiger partial charge in [-0.2, -0.15) is 0 Å². The second-order valence-electron chi connectivity index (χ2n) is 12.1. The number of allylic oxidation sites excluding steroid dienone is 1. The molecule has 3 fully saturated rings. The maximum absolute atomic E-state index is 11.1. The third-order valence-corrected chi connectivity index (χ3v) is 10.6. The summed E-state index contributed by atoms with van der Waals surface area (Å²) in [6.07, 6.45) is 16.3. The molecule has 4 aliphatic rings. The van der Waals surface area contributed by atoms with Crippen molar-refractivity contribution in [1.29, 1.82) is 0 Å². The standard InChI is InChI=1S/C26H44O4S.Na/c1-18(2)7-5-6-8-19-10-12-23-22-11-9-20-17-21(30-31(27,28)29)13-15-26(20,4)24(22)14-16-25(19,23)3;/h9,18-19,21-24H,5-8,10-17H2,1-4H3,(H,27,28,29);/q;+1/p-1/t19-,21-,22-,23-,24-,25+,26-;/m0./s1. The van der Waals surface area contributed by atoms with Crippen LogP contribution in [0.4, 0.5) is 0 Å². The van der Waals surface area contributed by atoms with Crippen LogP contribution in [-0.4, -0.2) is 19.1 Å². The van der Waals surface area contributed by atoms with Crippen molar-refractivity contribution in [2.75, 3.05) is 0 Å². The molecule has 7 atom stereocenters. The Labute approximate surface area is 219 Å². The van der Waals surface area contributed by atoms with Gasteiger partial charge in [-0.1, -0.05) is 58.6 Å². The van der Waals surface area contributed by atoms with Crippen LogP contribution < -0.4 is 29.6 Å². The van der Waals surface area contributed by atoms with E-state index in [1.54, 1.807) is 0 Å². The van der Waals surface area contributed by atoms with Crippen LogP contribution in [0.25, 0.3) is 0 Å². The monoisotopic (exact) mass is 474 g/mol. The summed E-state index contributed by atoms with van der Waals surface area (Å²) in [7, 11) is -4.62. The van der Waals surface area contributed by atoms with Gasteiger partial charge >= 0.3 is 29.6 Å². The van der Waals surface area contributed by atoms with E-state index in [0.717, 1.165) is 36.5 Å². The predicted octanol–water partition coefficient (Wildman–Crippen LogP) is 3.63. The molecule has 0 aromatic rings. The third-order valence-electron chi connectivity index (χ3n) is 10.1. The Morgan fingerprint density at radius 2 is 1.84 bits per heavy atom. The van der Waals surface area contributed by atoms with Crippen molar-refractivity contribution < 1.29 is 46.7 Å². The molecule has 0 bridgehead atoms. The van der Waals surface area contributed by atoms with E-state index in [2.05, 4.69) is 33.8 Å². The number of unbranched alkanes of at least 4 members (excludes halogenated alkanes) is 1. The molecule has 4 aliphatic carbocycles. The first-order valence-corrected chi connectivity index (χ1v) is 14.2. The Kier molecular flexibility index (Phi) is 8.76. The van der Waals surface area contributed by atoms with Crippen LogP contribution in [0.3, 0.4) is 0 Å². The minimum absolute atomic E-state index is 0. The fourth-order valence-corrected chi connectivity index (χ4v) is 8.90. The minimum atomic E-state index is -4.62. The van der Waals surface area contributed by atoms with Crippen LogP contribution in [0.1, 0.15) is 105 Å². The van der Waals surface area contributed by atoms with Crippen molar-refractivity contribution >= 4 is 10.4 Å². The molecule has 0 unspecified atom stereocenters. The van der Waals surface area contributed by atoms with Gasteiger partial charge in [-0.05, 0) is 98.2 Å². The molecular weight excluding hydrogens is 431 g/mol. The van der Waals surface area contributed by atoms with Crippen LogP contribution in [-0.2, 0) is 14.6 Å². The molecule has 178 valence electrons.